The summed E-state index contributed by atoms with van der Waals surface area (Å²) >= 11 is 0. The smallest absolute Gasteiger partial charge is 0.175 e. The van der Waals surface area contributed by atoms with Gasteiger partial charge in [-0.2, -0.15) is 10.2 Å². The van der Waals surface area contributed by atoms with E-state index in [1.54, 1.807) is 0 Å². The number of rotatable bonds is 6. The number of aryl methyl sites for hydroxylation is 2. The highest BCUT2D eigenvalue weighted by atomic mass is 15.3. The molecule has 0 aliphatic heterocycles. The molecule has 0 saturated carbocycles. The third-order valence-electron chi connectivity index (χ3n) is 3.60. The van der Waals surface area contributed by atoms with Gasteiger partial charge in [0.05, 0.1) is 11.4 Å². The van der Waals surface area contributed by atoms with Gasteiger partial charge in [-0.1, -0.05) is 13.8 Å². The van der Waals surface area contributed by atoms with Crippen LogP contribution >= 0.6 is 0 Å². The fraction of sp³-hybridized carbons (Fsp3) is 0.562. The summed E-state index contributed by atoms with van der Waals surface area (Å²) in [6.07, 6.45) is 2.15. The molecule has 1 N–H and O–H groups in total. The van der Waals surface area contributed by atoms with Crippen LogP contribution in [0, 0.1) is 20.8 Å². The Kier molecular flexibility index (Phi) is 5.07. The molecule has 0 unspecified atom stereocenters. The van der Waals surface area contributed by atoms with Gasteiger partial charge in [-0.3, -0.25) is 0 Å². The Morgan fingerprint density at radius 2 is 1.90 bits per heavy atom. The van der Waals surface area contributed by atoms with E-state index in [-0.39, 0.29) is 0 Å². The van der Waals surface area contributed by atoms with E-state index in [4.69, 9.17) is 0 Å². The largest absolute Gasteiger partial charge is 0.315 e. The zero-order chi connectivity index (χ0) is 15.4. The van der Waals surface area contributed by atoms with E-state index >= 15 is 0 Å². The van der Waals surface area contributed by atoms with Crippen molar-refractivity contribution in [1.29, 1.82) is 0 Å². The van der Waals surface area contributed by atoms with Crippen molar-refractivity contribution < 1.29 is 0 Å². The van der Waals surface area contributed by atoms with E-state index in [1.807, 2.05) is 23.7 Å². The van der Waals surface area contributed by atoms with Crippen molar-refractivity contribution in [3.8, 4) is 5.82 Å². The average molecular weight is 287 g/mol. The Hall–Kier alpha value is -1.75. The monoisotopic (exact) mass is 287 g/mol. The van der Waals surface area contributed by atoms with E-state index in [9.17, 15) is 0 Å². The Morgan fingerprint density at radius 1 is 1.14 bits per heavy atom. The molecule has 0 aromatic carbocycles. The lowest BCUT2D eigenvalue weighted by Gasteiger charge is -2.08. The van der Waals surface area contributed by atoms with Gasteiger partial charge in [-0.15, -0.1) is 5.10 Å². The van der Waals surface area contributed by atoms with Crippen LogP contribution in [-0.4, -0.2) is 32.6 Å². The van der Waals surface area contributed by atoms with Crippen LogP contribution in [0.4, 0.5) is 0 Å². The van der Waals surface area contributed by atoms with Gasteiger partial charge < -0.3 is 5.32 Å². The van der Waals surface area contributed by atoms with Crippen LogP contribution in [0.5, 0.6) is 0 Å². The van der Waals surface area contributed by atoms with Crippen molar-refractivity contribution in [2.45, 2.75) is 53.5 Å². The van der Waals surface area contributed by atoms with Crippen LogP contribution < -0.4 is 5.32 Å². The molecular formula is C16H25N5. The second kappa shape index (κ2) is 6.80. The number of nitrogens with zero attached hydrogens (tertiary/aromatic N) is 4. The molecule has 0 radical (unpaired) electrons. The van der Waals surface area contributed by atoms with Crippen molar-refractivity contribution in [2.75, 3.05) is 6.54 Å². The van der Waals surface area contributed by atoms with Gasteiger partial charge in [0.1, 0.15) is 0 Å². The van der Waals surface area contributed by atoms with Crippen molar-refractivity contribution in [2.24, 2.45) is 0 Å². The molecule has 2 heterocycles. The van der Waals surface area contributed by atoms with E-state index in [0.717, 1.165) is 42.3 Å². The zero-order valence-electron chi connectivity index (χ0n) is 13.6. The summed E-state index contributed by atoms with van der Waals surface area (Å²) in [7, 11) is 0. The molecule has 0 bridgehead atoms. The molecule has 0 aliphatic rings. The lowest BCUT2D eigenvalue weighted by Crippen LogP contribution is -2.24. The van der Waals surface area contributed by atoms with Gasteiger partial charge >= 0.3 is 0 Å². The second-order valence-corrected chi connectivity index (χ2v) is 5.81. The first-order chi connectivity index (χ1) is 9.99. The van der Waals surface area contributed by atoms with Gasteiger partial charge in [0.2, 0.25) is 0 Å². The number of aromatic nitrogens is 4. The van der Waals surface area contributed by atoms with Crippen LogP contribution in [0.2, 0.25) is 0 Å². The summed E-state index contributed by atoms with van der Waals surface area (Å²) in [4.78, 5) is 0. The average Bonchev–Trinajstić information content (AvgIpc) is 2.71. The van der Waals surface area contributed by atoms with Crippen LogP contribution in [0.3, 0.4) is 0 Å². The summed E-state index contributed by atoms with van der Waals surface area (Å²) in [6, 6.07) is 4.47. The molecule has 0 amide bonds. The Morgan fingerprint density at radius 3 is 2.52 bits per heavy atom. The summed E-state index contributed by atoms with van der Waals surface area (Å²) in [6.45, 7) is 11.5. The standard InChI is InChI=1S/C16H25N5/c1-11(2)17-10-6-7-15-13(4)20-21(14(15)5)16-9-8-12(3)18-19-16/h8-9,11,17H,6-7,10H2,1-5H3. The first-order valence-electron chi connectivity index (χ1n) is 7.58. The first kappa shape index (κ1) is 15.6. The third-order valence-corrected chi connectivity index (χ3v) is 3.60. The molecule has 0 atom stereocenters. The minimum absolute atomic E-state index is 0.540. The molecular weight excluding hydrogens is 262 g/mol. The van der Waals surface area contributed by atoms with Crippen LogP contribution in [0.25, 0.3) is 5.82 Å². The van der Waals surface area contributed by atoms with Gasteiger partial charge in [-0.25, -0.2) is 4.68 Å². The number of hydrogen-bond donors (Lipinski definition) is 1. The van der Waals surface area contributed by atoms with Crippen LogP contribution in [-0.2, 0) is 6.42 Å². The molecule has 0 aliphatic carbocycles. The Labute approximate surface area is 126 Å². The quantitative estimate of drug-likeness (QED) is 0.829. The molecule has 0 saturated heterocycles. The lowest BCUT2D eigenvalue weighted by molar-refractivity contribution is 0.570. The maximum absolute atomic E-state index is 4.62. The van der Waals surface area contributed by atoms with Gasteiger partial charge in [0.25, 0.3) is 0 Å². The molecule has 5 nitrogen and oxygen atoms in total. The van der Waals surface area contributed by atoms with Crippen LogP contribution in [0.15, 0.2) is 12.1 Å². The van der Waals surface area contributed by atoms with Crippen molar-refractivity contribution in [1.82, 2.24) is 25.3 Å². The molecule has 21 heavy (non-hydrogen) atoms. The normalized spacial score (nSPS) is 11.3. The molecule has 0 spiro atoms. The predicted molar refractivity (Wildman–Crippen MR) is 84.8 cm³/mol. The van der Waals surface area contributed by atoms with Gasteiger partial charge in [0.15, 0.2) is 5.82 Å². The lowest BCUT2D eigenvalue weighted by atomic mass is 10.1. The highest BCUT2D eigenvalue weighted by molar-refractivity contribution is 5.32. The summed E-state index contributed by atoms with van der Waals surface area (Å²) in [5.41, 5.74) is 4.48. The highest BCUT2D eigenvalue weighted by Crippen LogP contribution is 2.18. The summed E-state index contributed by atoms with van der Waals surface area (Å²) in [5.74, 6) is 0.785. The Balaban J connectivity index is 2.12. The third kappa shape index (κ3) is 3.88. The highest BCUT2D eigenvalue weighted by Gasteiger charge is 2.13. The molecule has 114 valence electrons. The molecule has 5 heteroatoms. The number of hydrogen-bond acceptors (Lipinski definition) is 4. The van der Waals surface area contributed by atoms with E-state index in [1.165, 1.54) is 5.56 Å². The Bertz CT molecular complexity index is 583. The van der Waals surface area contributed by atoms with Crippen molar-refractivity contribution >= 4 is 0 Å². The summed E-state index contributed by atoms with van der Waals surface area (Å²) in [5, 5.41) is 16.4. The topological polar surface area (TPSA) is 55.6 Å². The second-order valence-electron chi connectivity index (χ2n) is 5.81. The van der Waals surface area contributed by atoms with Crippen molar-refractivity contribution in [3.05, 3.63) is 34.8 Å². The minimum atomic E-state index is 0.540. The molecule has 2 aromatic heterocycles. The first-order valence-corrected chi connectivity index (χ1v) is 7.58. The van der Waals surface area contributed by atoms with Crippen molar-refractivity contribution in [3.63, 3.8) is 0 Å². The molecule has 2 rings (SSSR count). The van der Waals surface area contributed by atoms with E-state index in [2.05, 4.69) is 48.3 Å². The fourth-order valence-electron chi connectivity index (χ4n) is 2.42. The maximum Gasteiger partial charge on any atom is 0.175 e. The van der Waals surface area contributed by atoms with E-state index < -0.39 is 0 Å². The fourth-order valence-corrected chi connectivity index (χ4v) is 2.42. The predicted octanol–water partition coefficient (Wildman–Crippen LogP) is 2.52. The summed E-state index contributed by atoms with van der Waals surface area (Å²) < 4.78 is 1.90. The van der Waals surface area contributed by atoms with Crippen LogP contribution in [0.1, 0.15) is 42.9 Å². The SMILES string of the molecule is Cc1ccc(-n2nc(C)c(CCCNC(C)C)c2C)nn1. The van der Waals surface area contributed by atoms with E-state index in [0.29, 0.717) is 6.04 Å². The van der Waals surface area contributed by atoms with Gasteiger partial charge in [-0.05, 0) is 57.9 Å². The van der Waals surface area contributed by atoms with Gasteiger partial charge in [0, 0.05) is 11.7 Å². The zero-order valence-corrected chi connectivity index (χ0v) is 13.6. The molecule has 0 fully saturated rings. The number of nitrogens with one attached hydrogen (secondary N) is 1. The molecule has 2 aromatic rings. The minimum Gasteiger partial charge on any atom is -0.315 e. The maximum atomic E-state index is 4.62.